The van der Waals surface area contributed by atoms with Crippen LogP contribution in [0.4, 0.5) is 17.2 Å². The number of anilines is 3. The molecule has 0 saturated heterocycles. The minimum Gasteiger partial charge on any atom is -0.507 e. The maximum absolute atomic E-state index is 10.6. The first-order valence-electron chi connectivity index (χ1n) is 13.8. The summed E-state index contributed by atoms with van der Waals surface area (Å²) in [4.78, 5) is 16.7. The third-order valence-corrected chi connectivity index (χ3v) is 7.23. The highest BCUT2D eigenvalue weighted by atomic mass is 16.3. The van der Waals surface area contributed by atoms with Crippen molar-refractivity contribution in [2.24, 2.45) is 0 Å². The van der Waals surface area contributed by atoms with E-state index >= 15 is 0 Å². The molecule has 5 heteroatoms. The summed E-state index contributed by atoms with van der Waals surface area (Å²) in [6.07, 6.45) is 1.81. The smallest absolute Gasteiger partial charge is 0.164 e. The van der Waals surface area contributed by atoms with Gasteiger partial charge in [0.05, 0.1) is 22.6 Å². The van der Waals surface area contributed by atoms with Crippen LogP contribution >= 0.6 is 0 Å². The second kappa shape index (κ2) is 11.0. The number of benzene rings is 5. The second-order valence-corrected chi connectivity index (χ2v) is 9.92. The van der Waals surface area contributed by atoms with Gasteiger partial charge < -0.3 is 5.11 Å². The first-order chi connectivity index (χ1) is 20.7. The van der Waals surface area contributed by atoms with E-state index in [1.54, 1.807) is 12.1 Å². The van der Waals surface area contributed by atoms with E-state index in [9.17, 15) is 5.11 Å². The summed E-state index contributed by atoms with van der Waals surface area (Å²) >= 11 is 0. The predicted molar refractivity (Wildman–Crippen MR) is 170 cm³/mol. The highest BCUT2D eigenvalue weighted by Gasteiger charge is 2.18. The Labute approximate surface area is 244 Å². The molecule has 7 rings (SSSR count). The normalized spacial score (nSPS) is 11.0. The number of rotatable bonds is 6. The molecule has 200 valence electrons. The Morgan fingerprint density at radius 1 is 0.548 bits per heavy atom. The number of aromatic hydroxyl groups is 1. The standard InChI is InChI=1S/C37H26N4O/c42-35-21-7-6-19-31(35)37-39-32(27-13-2-1-3-14-27)25-33(40-37)28-16-10-17-29(24-28)41(36-22-8-9-23-38-36)34-20-11-15-26-12-4-5-18-30(26)34/h1-25,42H. The van der Waals surface area contributed by atoms with E-state index in [-0.39, 0.29) is 5.75 Å². The molecule has 0 amide bonds. The first kappa shape index (κ1) is 25.2. The lowest BCUT2D eigenvalue weighted by Crippen LogP contribution is -2.12. The molecule has 0 radical (unpaired) electrons. The third kappa shape index (κ3) is 4.84. The van der Waals surface area contributed by atoms with Crippen molar-refractivity contribution in [1.82, 2.24) is 15.0 Å². The summed E-state index contributed by atoms with van der Waals surface area (Å²) < 4.78 is 0. The molecule has 2 heterocycles. The molecule has 0 atom stereocenters. The maximum Gasteiger partial charge on any atom is 0.164 e. The first-order valence-corrected chi connectivity index (χ1v) is 13.8. The zero-order chi connectivity index (χ0) is 28.3. The van der Waals surface area contributed by atoms with Crippen LogP contribution in [0.3, 0.4) is 0 Å². The van der Waals surface area contributed by atoms with Gasteiger partial charge >= 0.3 is 0 Å². The fourth-order valence-electron chi connectivity index (χ4n) is 5.22. The van der Waals surface area contributed by atoms with Gasteiger partial charge in [-0.2, -0.15) is 0 Å². The van der Waals surface area contributed by atoms with Gasteiger partial charge in [0.2, 0.25) is 0 Å². The zero-order valence-electron chi connectivity index (χ0n) is 22.7. The molecule has 0 aliphatic heterocycles. The quantitative estimate of drug-likeness (QED) is 0.227. The van der Waals surface area contributed by atoms with Crippen molar-refractivity contribution in [2.75, 3.05) is 4.90 Å². The van der Waals surface area contributed by atoms with Gasteiger partial charge in [-0.3, -0.25) is 4.90 Å². The topological polar surface area (TPSA) is 62.1 Å². The molecule has 42 heavy (non-hydrogen) atoms. The number of para-hydroxylation sites is 1. The SMILES string of the molecule is Oc1ccccc1-c1nc(-c2ccccc2)cc(-c2cccc(N(c3ccccn3)c3cccc4ccccc34)c2)n1. The molecule has 1 N–H and O–H groups in total. The van der Waals surface area contributed by atoms with Crippen LogP contribution in [0.1, 0.15) is 0 Å². The Kier molecular flexibility index (Phi) is 6.59. The van der Waals surface area contributed by atoms with Crippen molar-refractivity contribution in [3.05, 3.63) is 152 Å². The van der Waals surface area contributed by atoms with Crippen LogP contribution in [0.5, 0.6) is 5.75 Å². The molecular formula is C37H26N4O. The molecule has 0 unspecified atom stereocenters. The lowest BCUT2D eigenvalue weighted by Gasteiger charge is -2.26. The minimum absolute atomic E-state index is 0.139. The largest absolute Gasteiger partial charge is 0.507 e. The third-order valence-electron chi connectivity index (χ3n) is 7.23. The molecule has 0 aliphatic rings. The van der Waals surface area contributed by atoms with Gasteiger partial charge in [-0.1, -0.05) is 97.1 Å². The second-order valence-electron chi connectivity index (χ2n) is 9.92. The highest BCUT2D eigenvalue weighted by Crippen LogP contribution is 2.39. The monoisotopic (exact) mass is 542 g/mol. The van der Waals surface area contributed by atoms with Gasteiger partial charge in [0.1, 0.15) is 11.6 Å². The number of hydrogen-bond donors (Lipinski definition) is 1. The van der Waals surface area contributed by atoms with Crippen LogP contribution in [0.2, 0.25) is 0 Å². The van der Waals surface area contributed by atoms with E-state index in [1.165, 1.54) is 0 Å². The fraction of sp³-hybridized carbons (Fsp3) is 0. The number of phenolic OH excluding ortho intramolecular Hbond substituents is 1. The van der Waals surface area contributed by atoms with Gasteiger partial charge in [0.15, 0.2) is 5.82 Å². The van der Waals surface area contributed by atoms with Crippen molar-refractivity contribution in [1.29, 1.82) is 0 Å². The predicted octanol–water partition coefficient (Wildman–Crippen LogP) is 9.20. The molecule has 5 nitrogen and oxygen atoms in total. The van der Waals surface area contributed by atoms with Gasteiger partial charge in [-0.15, -0.1) is 0 Å². The number of hydrogen-bond acceptors (Lipinski definition) is 5. The Morgan fingerprint density at radius 2 is 1.24 bits per heavy atom. The summed E-state index contributed by atoms with van der Waals surface area (Å²) in [5.41, 5.74) is 5.99. The van der Waals surface area contributed by atoms with Crippen molar-refractivity contribution in [3.8, 4) is 39.7 Å². The number of phenols is 1. The van der Waals surface area contributed by atoms with Gasteiger partial charge in [-0.05, 0) is 53.9 Å². The summed E-state index contributed by atoms with van der Waals surface area (Å²) in [7, 11) is 0. The van der Waals surface area contributed by atoms with Crippen LogP contribution in [0, 0.1) is 0 Å². The highest BCUT2D eigenvalue weighted by molar-refractivity contribution is 5.98. The molecule has 7 aromatic rings. The maximum atomic E-state index is 10.6. The Morgan fingerprint density at radius 3 is 2.07 bits per heavy atom. The van der Waals surface area contributed by atoms with Gasteiger partial charge in [0.25, 0.3) is 0 Å². The van der Waals surface area contributed by atoms with Crippen LogP contribution in [-0.2, 0) is 0 Å². The van der Waals surface area contributed by atoms with E-state index < -0.39 is 0 Å². The zero-order valence-corrected chi connectivity index (χ0v) is 22.7. The Bertz CT molecular complexity index is 2000. The molecular weight excluding hydrogens is 516 g/mol. The van der Waals surface area contributed by atoms with Crippen molar-refractivity contribution >= 4 is 28.0 Å². The molecule has 0 saturated carbocycles. The molecule has 0 fully saturated rings. The lowest BCUT2D eigenvalue weighted by molar-refractivity contribution is 0.477. The van der Waals surface area contributed by atoms with Crippen LogP contribution < -0.4 is 4.90 Å². The van der Waals surface area contributed by atoms with Gasteiger partial charge in [-0.25, -0.2) is 15.0 Å². The molecule has 0 spiro atoms. The van der Waals surface area contributed by atoms with E-state index in [2.05, 4.69) is 65.6 Å². The van der Waals surface area contributed by atoms with Crippen LogP contribution in [0.25, 0.3) is 44.7 Å². The summed E-state index contributed by atoms with van der Waals surface area (Å²) in [5.74, 6) is 1.42. The van der Waals surface area contributed by atoms with E-state index in [0.717, 1.165) is 50.5 Å². The minimum atomic E-state index is 0.139. The number of fused-ring (bicyclic) bond motifs is 1. The number of nitrogens with zero attached hydrogens (tertiary/aromatic N) is 4. The summed E-state index contributed by atoms with van der Waals surface area (Å²) in [6, 6.07) is 48.1. The summed E-state index contributed by atoms with van der Waals surface area (Å²) in [6.45, 7) is 0. The van der Waals surface area contributed by atoms with Crippen LogP contribution in [0.15, 0.2) is 152 Å². The van der Waals surface area contributed by atoms with E-state index in [0.29, 0.717) is 11.4 Å². The number of aromatic nitrogens is 3. The fourth-order valence-corrected chi connectivity index (χ4v) is 5.22. The Balaban J connectivity index is 1.42. The van der Waals surface area contributed by atoms with Crippen molar-refractivity contribution < 1.29 is 5.11 Å². The summed E-state index contributed by atoms with van der Waals surface area (Å²) in [5, 5.41) is 12.9. The van der Waals surface area contributed by atoms with Crippen molar-refractivity contribution in [3.63, 3.8) is 0 Å². The van der Waals surface area contributed by atoms with E-state index in [1.807, 2.05) is 79.0 Å². The Hall–Kier alpha value is -5.81. The lowest BCUT2D eigenvalue weighted by atomic mass is 10.0. The number of pyridine rings is 1. The average Bonchev–Trinajstić information content (AvgIpc) is 3.06. The van der Waals surface area contributed by atoms with Crippen molar-refractivity contribution in [2.45, 2.75) is 0 Å². The molecule has 5 aromatic carbocycles. The average molecular weight is 543 g/mol. The molecule has 0 bridgehead atoms. The van der Waals surface area contributed by atoms with Gasteiger partial charge in [0, 0.05) is 28.4 Å². The molecule has 2 aromatic heterocycles. The molecule has 0 aliphatic carbocycles. The van der Waals surface area contributed by atoms with E-state index in [4.69, 9.17) is 15.0 Å². The van der Waals surface area contributed by atoms with Crippen LogP contribution in [-0.4, -0.2) is 20.1 Å².